The van der Waals surface area contributed by atoms with Crippen LogP contribution in [0.2, 0.25) is 0 Å². The molecule has 3 heterocycles. The van der Waals surface area contributed by atoms with E-state index in [1.54, 1.807) is 18.6 Å². The van der Waals surface area contributed by atoms with E-state index in [2.05, 4.69) is 51.8 Å². The first-order chi connectivity index (χ1) is 14.1. The molecule has 2 saturated heterocycles. The van der Waals surface area contributed by atoms with Gasteiger partial charge in [-0.2, -0.15) is 0 Å². The maximum absolute atomic E-state index is 12.7. The van der Waals surface area contributed by atoms with Gasteiger partial charge in [-0.25, -0.2) is 4.98 Å². The second kappa shape index (κ2) is 8.91. The van der Waals surface area contributed by atoms with Crippen molar-refractivity contribution in [1.29, 1.82) is 0 Å². The fourth-order valence-electron chi connectivity index (χ4n) is 4.70. The van der Waals surface area contributed by atoms with Gasteiger partial charge in [-0.15, -0.1) is 0 Å². The fourth-order valence-corrected chi connectivity index (χ4v) is 4.70. The van der Waals surface area contributed by atoms with Crippen molar-refractivity contribution < 1.29 is 4.79 Å². The average Bonchev–Trinajstić information content (AvgIpc) is 3.00. The number of benzene rings is 1. The summed E-state index contributed by atoms with van der Waals surface area (Å²) in [7, 11) is 0. The largest absolute Gasteiger partial charge is 0.371 e. The summed E-state index contributed by atoms with van der Waals surface area (Å²) in [6, 6.07) is 7.45. The van der Waals surface area contributed by atoms with E-state index < -0.39 is 0 Å². The Kier molecular flexibility index (Phi) is 6.09. The van der Waals surface area contributed by atoms with Crippen molar-refractivity contribution in [2.24, 2.45) is 0 Å². The van der Waals surface area contributed by atoms with Gasteiger partial charge in [0.15, 0.2) is 0 Å². The van der Waals surface area contributed by atoms with E-state index in [-0.39, 0.29) is 5.91 Å². The Morgan fingerprint density at radius 2 is 1.69 bits per heavy atom. The highest BCUT2D eigenvalue weighted by atomic mass is 16.2. The first-order valence-electron chi connectivity index (χ1n) is 10.7. The minimum atomic E-state index is 0.00425. The Labute approximate surface area is 173 Å². The van der Waals surface area contributed by atoms with E-state index in [9.17, 15) is 4.79 Å². The van der Waals surface area contributed by atoms with Crippen molar-refractivity contribution in [3.63, 3.8) is 0 Å². The number of rotatable bonds is 3. The molecular formula is C23H31N5O. The van der Waals surface area contributed by atoms with Crippen LogP contribution in [0.15, 0.2) is 36.8 Å². The standard InChI is InChI=1S/C23H31N5O/c1-18-14-19(2)16-21(15-18)27-10-4-20(5-11-27)26-8-3-9-28(13-12-26)23(29)22-17-24-6-7-25-22/h6-7,14-17,20H,3-5,8-13H2,1-2H3. The highest BCUT2D eigenvalue weighted by molar-refractivity contribution is 5.91. The quantitative estimate of drug-likeness (QED) is 0.803. The summed E-state index contributed by atoms with van der Waals surface area (Å²) >= 11 is 0. The highest BCUT2D eigenvalue weighted by Gasteiger charge is 2.28. The molecule has 0 saturated carbocycles. The normalized spacial score (nSPS) is 19.2. The van der Waals surface area contributed by atoms with Crippen molar-refractivity contribution in [2.75, 3.05) is 44.2 Å². The molecule has 1 amide bonds. The highest BCUT2D eigenvalue weighted by Crippen LogP contribution is 2.25. The Hall–Kier alpha value is -2.47. The molecule has 29 heavy (non-hydrogen) atoms. The third kappa shape index (κ3) is 4.75. The molecule has 4 rings (SSSR count). The summed E-state index contributed by atoms with van der Waals surface area (Å²) < 4.78 is 0. The number of piperidine rings is 1. The third-order valence-electron chi connectivity index (χ3n) is 6.15. The van der Waals surface area contributed by atoms with Crippen LogP contribution in [0, 0.1) is 13.8 Å². The molecule has 0 aliphatic carbocycles. The van der Waals surface area contributed by atoms with Crippen molar-refractivity contribution >= 4 is 11.6 Å². The predicted molar refractivity (Wildman–Crippen MR) is 115 cm³/mol. The Morgan fingerprint density at radius 3 is 2.38 bits per heavy atom. The van der Waals surface area contributed by atoms with Crippen LogP contribution in [0.5, 0.6) is 0 Å². The van der Waals surface area contributed by atoms with Gasteiger partial charge < -0.3 is 9.80 Å². The van der Waals surface area contributed by atoms with Gasteiger partial charge in [0.25, 0.3) is 5.91 Å². The summed E-state index contributed by atoms with van der Waals surface area (Å²) in [6.07, 6.45) is 8.14. The lowest BCUT2D eigenvalue weighted by atomic mass is 10.0. The second-order valence-electron chi connectivity index (χ2n) is 8.34. The van der Waals surface area contributed by atoms with Gasteiger partial charge >= 0.3 is 0 Å². The molecule has 1 aromatic carbocycles. The summed E-state index contributed by atoms with van der Waals surface area (Å²) in [4.78, 5) is 28.0. The Morgan fingerprint density at radius 1 is 0.931 bits per heavy atom. The molecule has 2 aliphatic heterocycles. The van der Waals surface area contributed by atoms with Crippen LogP contribution in [-0.2, 0) is 0 Å². The predicted octanol–water partition coefficient (Wildman–Crippen LogP) is 2.91. The maximum Gasteiger partial charge on any atom is 0.274 e. The van der Waals surface area contributed by atoms with E-state index in [1.807, 2.05) is 4.90 Å². The van der Waals surface area contributed by atoms with E-state index in [4.69, 9.17) is 0 Å². The molecule has 0 unspecified atom stereocenters. The zero-order valence-electron chi connectivity index (χ0n) is 17.5. The molecule has 2 aromatic rings. The molecule has 6 heteroatoms. The summed E-state index contributed by atoms with van der Waals surface area (Å²) in [5, 5.41) is 0. The number of carbonyl (C=O) groups excluding carboxylic acids is 1. The van der Waals surface area contributed by atoms with E-state index in [1.165, 1.54) is 29.7 Å². The zero-order valence-corrected chi connectivity index (χ0v) is 17.5. The van der Waals surface area contributed by atoms with Crippen LogP contribution in [0.3, 0.4) is 0 Å². The van der Waals surface area contributed by atoms with Crippen LogP contribution in [0.1, 0.15) is 40.9 Å². The number of aryl methyl sites for hydroxylation is 2. The lowest BCUT2D eigenvalue weighted by Gasteiger charge is -2.39. The maximum atomic E-state index is 12.7. The summed E-state index contributed by atoms with van der Waals surface area (Å²) in [5.41, 5.74) is 4.48. The van der Waals surface area contributed by atoms with Crippen LogP contribution in [-0.4, -0.2) is 71.0 Å². The minimum absolute atomic E-state index is 0.00425. The average molecular weight is 394 g/mol. The molecule has 6 nitrogen and oxygen atoms in total. The van der Waals surface area contributed by atoms with Crippen molar-refractivity contribution in [2.45, 2.75) is 39.2 Å². The topological polar surface area (TPSA) is 52.6 Å². The zero-order chi connectivity index (χ0) is 20.2. The molecule has 0 spiro atoms. The lowest BCUT2D eigenvalue weighted by Crippen LogP contribution is -2.46. The first-order valence-corrected chi connectivity index (χ1v) is 10.7. The van der Waals surface area contributed by atoms with Gasteiger partial charge in [0.2, 0.25) is 0 Å². The van der Waals surface area contributed by atoms with Crippen LogP contribution >= 0.6 is 0 Å². The molecule has 0 bridgehead atoms. The van der Waals surface area contributed by atoms with Crippen molar-refractivity contribution in [3.05, 3.63) is 53.6 Å². The van der Waals surface area contributed by atoms with Gasteiger partial charge in [0.1, 0.15) is 5.69 Å². The third-order valence-corrected chi connectivity index (χ3v) is 6.15. The molecule has 1 aromatic heterocycles. The van der Waals surface area contributed by atoms with Crippen LogP contribution in [0.25, 0.3) is 0 Å². The molecule has 154 valence electrons. The number of hydrogen-bond acceptors (Lipinski definition) is 5. The van der Waals surface area contributed by atoms with Gasteiger partial charge in [-0.1, -0.05) is 6.07 Å². The van der Waals surface area contributed by atoms with E-state index in [0.29, 0.717) is 11.7 Å². The number of nitrogens with zero attached hydrogens (tertiary/aromatic N) is 5. The van der Waals surface area contributed by atoms with Crippen molar-refractivity contribution in [1.82, 2.24) is 19.8 Å². The van der Waals surface area contributed by atoms with E-state index >= 15 is 0 Å². The Balaban J connectivity index is 1.32. The fraction of sp³-hybridized carbons (Fsp3) is 0.522. The minimum Gasteiger partial charge on any atom is -0.371 e. The summed E-state index contributed by atoms with van der Waals surface area (Å²) in [6.45, 7) is 10.1. The molecule has 0 radical (unpaired) electrons. The SMILES string of the molecule is Cc1cc(C)cc(N2CCC(N3CCCN(C(=O)c4cnccn4)CC3)CC2)c1. The Bertz CT molecular complexity index is 812. The van der Waals surface area contributed by atoms with Gasteiger partial charge in [0.05, 0.1) is 6.20 Å². The molecule has 0 N–H and O–H groups in total. The number of amides is 1. The van der Waals surface area contributed by atoms with Gasteiger partial charge in [-0.3, -0.25) is 14.7 Å². The van der Waals surface area contributed by atoms with Crippen LogP contribution < -0.4 is 4.90 Å². The van der Waals surface area contributed by atoms with Crippen molar-refractivity contribution in [3.8, 4) is 0 Å². The number of anilines is 1. The molecular weight excluding hydrogens is 362 g/mol. The second-order valence-corrected chi connectivity index (χ2v) is 8.34. The van der Waals surface area contributed by atoms with Gasteiger partial charge in [-0.05, 0) is 56.4 Å². The first kappa shape index (κ1) is 19.8. The van der Waals surface area contributed by atoms with E-state index in [0.717, 1.165) is 45.7 Å². The molecule has 0 atom stereocenters. The number of aromatic nitrogens is 2. The smallest absolute Gasteiger partial charge is 0.274 e. The number of carbonyl (C=O) groups is 1. The summed E-state index contributed by atoms with van der Waals surface area (Å²) in [5.74, 6) is 0.00425. The van der Waals surface area contributed by atoms with Crippen LogP contribution in [0.4, 0.5) is 5.69 Å². The lowest BCUT2D eigenvalue weighted by molar-refractivity contribution is 0.0750. The van der Waals surface area contributed by atoms with Gasteiger partial charge in [0, 0.05) is 63.4 Å². The molecule has 2 fully saturated rings. The molecule has 2 aliphatic rings. The monoisotopic (exact) mass is 393 g/mol. The number of hydrogen-bond donors (Lipinski definition) is 0.